The standard InChI is InChI=1S/C14H24N2O3/c1-3-11-13(17)16-9-6-7-12(16)14(18)15(11)8-4-5-10-19-2/h11-12H,3-10H2,1-2H3. The van der Waals surface area contributed by atoms with Crippen LogP contribution in [0.5, 0.6) is 0 Å². The molecular formula is C14H24N2O3. The van der Waals surface area contributed by atoms with E-state index in [4.69, 9.17) is 4.74 Å². The number of amides is 2. The van der Waals surface area contributed by atoms with Gasteiger partial charge in [-0.25, -0.2) is 0 Å². The van der Waals surface area contributed by atoms with Gasteiger partial charge in [0.05, 0.1) is 0 Å². The van der Waals surface area contributed by atoms with E-state index in [-0.39, 0.29) is 23.9 Å². The van der Waals surface area contributed by atoms with Crippen LogP contribution in [0.2, 0.25) is 0 Å². The minimum absolute atomic E-state index is 0.149. The second-order valence-corrected chi connectivity index (χ2v) is 5.35. The Kier molecular flexibility index (Phi) is 4.80. The molecular weight excluding hydrogens is 244 g/mol. The lowest BCUT2D eigenvalue weighted by atomic mass is 10.0. The normalized spacial score (nSPS) is 27.1. The van der Waals surface area contributed by atoms with Gasteiger partial charge >= 0.3 is 0 Å². The van der Waals surface area contributed by atoms with Crippen molar-refractivity contribution in [2.75, 3.05) is 26.8 Å². The molecule has 0 aromatic heterocycles. The van der Waals surface area contributed by atoms with Gasteiger partial charge in [-0.2, -0.15) is 0 Å². The number of hydrogen-bond donors (Lipinski definition) is 0. The van der Waals surface area contributed by atoms with Crippen LogP contribution >= 0.6 is 0 Å². The molecule has 2 fully saturated rings. The van der Waals surface area contributed by atoms with Crippen LogP contribution in [0.25, 0.3) is 0 Å². The first-order valence-electron chi connectivity index (χ1n) is 7.30. The molecule has 0 N–H and O–H groups in total. The van der Waals surface area contributed by atoms with Crippen LogP contribution in [-0.4, -0.2) is 60.5 Å². The number of nitrogens with zero attached hydrogens (tertiary/aromatic N) is 2. The zero-order chi connectivity index (χ0) is 13.8. The van der Waals surface area contributed by atoms with Gasteiger partial charge in [0.1, 0.15) is 12.1 Å². The number of fused-ring (bicyclic) bond motifs is 1. The van der Waals surface area contributed by atoms with Crippen molar-refractivity contribution >= 4 is 11.8 Å². The Hall–Kier alpha value is -1.10. The summed E-state index contributed by atoms with van der Waals surface area (Å²) in [4.78, 5) is 28.5. The number of rotatable bonds is 6. The van der Waals surface area contributed by atoms with Crippen molar-refractivity contribution in [1.29, 1.82) is 0 Å². The average Bonchev–Trinajstić information content (AvgIpc) is 2.90. The van der Waals surface area contributed by atoms with Crippen molar-refractivity contribution in [3.8, 4) is 0 Å². The minimum Gasteiger partial charge on any atom is -0.385 e. The van der Waals surface area contributed by atoms with E-state index < -0.39 is 0 Å². The number of methoxy groups -OCH3 is 1. The molecule has 0 radical (unpaired) electrons. The summed E-state index contributed by atoms with van der Waals surface area (Å²) in [6, 6.07) is -0.429. The van der Waals surface area contributed by atoms with Gasteiger partial charge in [0.2, 0.25) is 11.8 Å². The molecule has 2 aliphatic heterocycles. The summed E-state index contributed by atoms with van der Waals surface area (Å²) < 4.78 is 5.02. The lowest BCUT2D eigenvalue weighted by Gasteiger charge is -2.42. The van der Waals surface area contributed by atoms with E-state index in [2.05, 4.69) is 0 Å². The van der Waals surface area contributed by atoms with E-state index in [0.29, 0.717) is 19.6 Å². The Labute approximate surface area is 114 Å². The molecule has 108 valence electrons. The zero-order valence-electron chi connectivity index (χ0n) is 11.9. The Morgan fingerprint density at radius 3 is 2.74 bits per heavy atom. The highest BCUT2D eigenvalue weighted by Crippen LogP contribution is 2.28. The number of ether oxygens (including phenoxy) is 1. The third kappa shape index (κ3) is 2.76. The molecule has 5 heteroatoms. The van der Waals surface area contributed by atoms with Crippen molar-refractivity contribution < 1.29 is 14.3 Å². The van der Waals surface area contributed by atoms with Gasteiger partial charge in [-0.05, 0) is 32.1 Å². The summed E-state index contributed by atoms with van der Waals surface area (Å²) in [6.07, 6.45) is 4.32. The molecule has 19 heavy (non-hydrogen) atoms. The fourth-order valence-electron chi connectivity index (χ4n) is 3.15. The van der Waals surface area contributed by atoms with E-state index in [1.165, 1.54) is 0 Å². The average molecular weight is 268 g/mol. The number of carbonyl (C=O) groups is 2. The van der Waals surface area contributed by atoms with Crippen molar-refractivity contribution in [1.82, 2.24) is 9.80 Å². The first-order chi connectivity index (χ1) is 9.20. The van der Waals surface area contributed by atoms with Gasteiger partial charge in [0.15, 0.2) is 0 Å². The molecule has 0 spiro atoms. The van der Waals surface area contributed by atoms with Crippen molar-refractivity contribution in [2.24, 2.45) is 0 Å². The Morgan fingerprint density at radius 1 is 1.26 bits per heavy atom. The fraction of sp³-hybridized carbons (Fsp3) is 0.857. The van der Waals surface area contributed by atoms with Crippen LogP contribution in [0.4, 0.5) is 0 Å². The second kappa shape index (κ2) is 6.37. The third-order valence-corrected chi connectivity index (χ3v) is 4.15. The predicted molar refractivity (Wildman–Crippen MR) is 71.6 cm³/mol. The molecule has 2 atom stereocenters. The second-order valence-electron chi connectivity index (χ2n) is 5.35. The molecule has 0 saturated carbocycles. The minimum atomic E-state index is -0.246. The van der Waals surface area contributed by atoms with Crippen LogP contribution in [0.3, 0.4) is 0 Å². The highest BCUT2D eigenvalue weighted by Gasteiger charge is 2.46. The van der Waals surface area contributed by atoms with Crippen LogP contribution in [0.15, 0.2) is 0 Å². The number of unbranched alkanes of at least 4 members (excludes halogenated alkanes) is 1. The van der Waals surface area contributed by atoms with E-state index >= 15 is 0 Å². The predicted octanol–water partition coefficient (Wildman–Crippen LogP) is 1.02. The molecule has 0 bridgehead atoms. The van der Waals surface area contributed by atoms with Gasteiger partial charge in [-0.15, -0.1) is 0 Å². The molecule has 2 unspecified atom stereocenters. The van der Waals surface area contributed by atoms with E-state index in [1.54, 1.807) is 12.0 Å². The van der Waals surface area contributed by atoms with Crippen LogP contribution in [-0.2, 0) is 14.3 Å². The fourth-order valence-corrected chi connectivity index (χ4v) is 3.15. The Bertz CT molecular complexity index is 346. The molecule has 2 aliphatic rings. The molecule has 5 nitrogen and oxygen atoms in total. The van der Waals surface area contributed by atoms with Crippen LogP contribution < -0.4 is 0 Å². The van der Waals surface area contributed by atoms with E-state index in [1.807, 2.05) is 11.8 Å². The van der Waals surface area contributed by atoms with Crippen LogP contribution in [0.1, 0.15) is 39.0 Å². The lowest BCUT2D eigenvalue weighted by Crippen LogP contribution is -2.62. The van der Waals surface area contributed by atoms with E-state index in [9.17, 15) is 9.59 Å². The van der Waals surface area contributed by atoms with Crippen LogP contribution in [0, 0.1) is 0 Å². The largest absolute Gasteiger partial charge is 0.385 e. The summed E-state index contributed by atoms with van der Waals surface area (Å²) in [5.74, 6) is 0.303. The monoisotopic (exact) mass is 268 g/mol. The highest BCUT2D eigenvalue weighted by atomic mass is 16.5. The van der Waals surface area contributed by atoms with Gasteiger partial charge in [0.25, 0.3) is 0 Å². The smallest absolute Gasteiger partial charge is 0.246 e. The SMILES string of the molecule is CCC1C(=O)N2CCCC2C(=O)N1CCCCOC. The molecule has 0 aromatic carbocycles. The quantitative estimate of drug-likeness (QED) is 0.676. The Balaban J connectivity index is 2.02. The first-order valence-corrected chi connectivity index (χ1v) is 7.30. The summed E-state index contributed by atoms with van der Waals surface area (Å²) >= 11 is 0. The topological polar surface area (TPSA) is 49.9 Å². The molecule has 2 heterocycles. The number of hydrogen-bond acceptors (Lipinski definition) is 3. The number of carbonyl (C=O) groups excluding carboxylic acids is 2. The van der Waals surface area contributed by atoms with Crippen molar-refractivity contribution in [2.45, 2.75) is 51.1 Å². The maximum absolute atomic E-state index is 12.5. The highest BCUT2D eigenvalue weighted by molar-refractivity contribution is 5.97. The number of piperazine rings is 1. The summed E-state index contributed by atoms with van der Waals surface area (Å²) in [7, 11) is 1.68. The summed E-state index contributed by atoms with van der Waals surface area (Å²) in [5.41, 5.74) is 0. The summed E-state index contributed by atoms with van der Waals surface area (Å²) in [6.45, 7) is 4.12. The lowest BCUT2D eigenvalue weighted by molar-refractivity contribution is -0.159. The van der Waals surface area contributed by atoms with Gasteiger partial charge in [-0.3, -0.25) is 9.59 Å². The maximum Gasteiger partial charge on any atom is 0.246 e. The molecule has 2 saturated heterocycles. The Morgan fingerprint density at radius 2 is 2.05 bits per heavy atom. The maximum atomic E-state index is 12.5. The van der Waals surface area contributed by atoms with Gasteiger partial charge < -0.3 is 14.5 Å². The molecule has 2 amide bonds. The molecule has 2 rings (SSSR count). The zero-order valence-corrected chi connectivity index (χ0v) is 11.9. The van der Waals surface area contributed by atoms with Gasteiger partial charge in [0, 0.05) is 26.8 Å². The third-order valence-electron chi connectivity index (χ3n) is 4.15. The van der Waals surface area contributed by atoms with E-state index in [0.717, 1.165) is 32.2 Å². The molecule has 0 aromatic rings. The van der Waals surface area contributed by atoms with Gasteiger partial charge in [-0.1, -0.05) is 6.92 Å². The van der Waals surface area contributed by atoms with Crippen molar-refractivity contribution in [3.63, 3.8) is 0 Å². The summed E-state index contributed by atoms with van der Waals surface area (Å²) in [5, 5.41) is 0. The molecule has 0 aliphatic carbocycles. The van der Waals surface area contributed by atoms with Crippen molar-refractivity contribution in [3.05, 3.63) is 0 Å². The first kappa shape index (κ1) is 14.3.